The third-order valence-electron chi connectivity index (χ3n) is 3.31. The van der Waals surface area contributed by atoms with Gasteiger partial charge in [-0.1, -0.05) is 19.9 Å². The van der Waals surface area contributed by atoms with Crippen molar-refractivity contribution in [1.82, 2.24) is 0 Å². The van der Waals surface area contributed by atoms with Crippen LogP contribution in [-0.4, -0.2) is 5.11 Å². The molecule has 2 rings (SSSR count). The fourth-order valence-electron chi connectivity index (χ4n) is 2.50. The Bertz CT molecular complexity index is 353. The van der Waals surface area contributed by atoms with Gasteiger partial charge in [0.05, 0.1) is 0 Å². The number of hydrogen-bond acceptors (Lipinski definition) is 1. The van der Waals surface area contributed by atoms with Gasteiger partial charge in [-0.2, -0.15) is 0 Å². The van der Waals surface area contributed by atoms with E-state index in [1.54, 1.807) is 0 Å². The molecule has 0 amide bonds. The van der Waals surface area contributed by atoms with E-state index in [4.69, 9.17) is 0 Å². The van der Waals surface area contributed by atoms with Gasteiger partial charge in [-0.05, 0) is 54.4 Å². The summed E-state index contributed by atoms with van der Waals surface area (Å²) >= 11 is 0. The lowest BCUT2D eigenvalue weighted by molar-refractivity contribution is 0.462. The number of hydrogen-bond donors (Lipinski definition) is 1. The number of fused-ring (bicyclic) bond motifs is 1. The van der Waals surface area contributed by atoms with Gasteiger partial charge in [0, 0.05) is 0 Å². The maximum absolute atomic E-state index is 10.0. The van der Waals surface area contributed by atoms with Gasteiger partial charge in [0.1, 0.15) is 5.75 Å². The fraction of sp³-hybridized carbons (Fsp3) is 0.538. The Balaban J connectivity index is 2.60. The standard InChI is InChI=1S/C13H18O/c1-3-9-8-10(4-2)13(14)12-7-5-6-11(9)12/h8,14H,3-7H2,1-2H3. The topological polar surface area (TPSA) is 20.2 Å². The first-order valence-corrected chi connectivity index (χ1v) is 5.63. The highest BCUT2D eigenvalue weighted by Crippen LogP contribution is 2.35. The van der Waals surface area contributed by atoms with Crippen molar-refractivity contribution in [3.8, 4) is 5.75 Å². The Morgan fingerprint density at radius 1 is 1.07 bits per heavy atom. The summed E-state index contributed by atoms with van der Waals surface area (Å²) in [4.78, 5) is 0. The maximum Gasteiger partial charge on any atom is 0.122 e. The van der Waals surface area contributed by atoms with E-state index in [1.807, 2.05) is 0 Å². The summed E-state index contributed by atoms with van der Waals surface area (Å²) in [6.07, 6.45) is 5.48. The quantitative estimate of drug-likeness (QED) is 0.760. The summed E-state index contributed by atoms with van der Waals surface area (Å²) in [5, 5.41) is 10.0. The van der Waals surface area contributed by atoms with E-state index in [2.05, 4.69) is 19.9 Å². The predicted molar refractivity (Wildman–Crippen MR) is 58.9 cm³/mol. The van der Waals surface area contributed by atoms with Crippen molar-refractivity contribution in [3.05, 3.63) is 28.3 Å². The Hall–Kier alpha value is -0.980. The molecule has 1 heteroatoms. The van der Waals surface area contributed by atoms with E-state index >= 15 is 0 Å². The number of aromatic hydroxyl groups is 1. The molecule has 0 aliphatic heterocycles. The molecule has 0 unspecified atom stereocenters. The number of benzene rings is 1. The average molecular weight is 190 g/mol. The third kappa shape index (κ3) is 1.31. The van der Waals surface area contributed by atoms with Crippen molar-refractivity contribution in [3.63, 3.8) is 0 Å². The third-order valence-corrected chi connectivity index (χ3v) is 3.31. The maximum atomic E-state index is 10.0. The average Bonchev–Trinajstić information content (AvgIpc) is 2.68. The zero-order chi connectivity index (χ0) is 10.1. The molecule has 0 saturated carbocycles. The molecule has 0 radical (unpaired) electrons. The molecule has 1 nitrogen and oxygen atoms in total. The molecule has 1 N–H and O–H groups in total. The van der Waals surface area contributed by atoms with Gasteiger partial charge in [0.2, 0.25) is 0 Å². The summed E-state index contributed by atoms with van der Waals surface area (Å²) in [6.45, 7) is 4.31. The SMILES string of the molecule is CCc1cc(CC)c2c(c1O)CCC2. The van der Waals surface area contributed by atoms with Crippen molar-refractivity contribution < 1.29 is 5.11 Å². The molecule has 0 spiro atoms. The van der Waals surface area contributed by atoms with Crippen LogP contribution < -0.4 is 0 Å². The van der Waals surface area contributed by atoms with Crippen molar-refractivity contribution in [2.45, 2.75) is 46.0 Å². The van der Waals surface area contributed by atoms with Crippen LogP contribution in [0.5, 0.6) is 5.75 Å². The zero-order valence-electron chi connectivity index (χ0n) is 9.06. The van der Waals surface area contributed by atoms with Crippen molar-refractivity contribution in [1.29, 1.82) is 0 Å². The zero-order valence-corrected chi connectivity index (χ0v) is 9.06. The van der Waals surface area contributed by atoms with E-state index < -0.39 is 0 Å². The Morgan fingerprint density at radius 3 is 2.36 bits per heavy atom. The largest absolute Gasteiger partial charge is 0.507 e. The van der Waals surface area contributed by atoms with Crippen LogP contribution in [0.1, 0.15) is 42.5 Å². The van der Waals surface area contributed by atoms with Gasteiger partial charge in [0.25, 0.3) is 0 Å². The van der Waals surface area contributed by atoms with Crippen LogP contribution in [0.2, 0.25) is 0 Å². The first-order chi connectivity index (χ1) is 6.77. The molecule has 0 heterocycles. The highest BCUT2D eigenvalue weighted by Gasteiger charge is 2.19. The number of rotatable bonds is 2. The van der Waals surface area contributed by atoms with Crippen LogP contribution in [0.4, 0.5) is 0 Å². The summed E-state index contributed by atoms with van der Waals surface area (Å²) in [5.41, 5.74) is 5.25. The van der Waals surface area contributed by atoms with Gasteiger partial charge in [-0.25, -0.2) is 0 Å². The monoisotopic (exact) mass is 190 g/mol. The van der Waals surface area contributed by atoms with Crippen molar-refractivity contribution in [2.24, 2.45) is 0 Å². The van der Waals surface area contributed by atoms with E-state index in [1.165, 1.54) is 23.1 Å². The van der Waals surface area contributed by atoms with Crippen LogP contribution in [0.3, 0.4) is 0 Å². The predicted octanol–water partition coefficient (Wildman–Crippen LogP) is 3.01. The van der Waals surface area contributed by atoms with Gasteiger partial charge in [-0.15, -0.1) is 0 Å². The van der Waals surface area contributed by atoms with E-state index in [-0.39, 0.29) is 0 Å². The van der Waals surface area contributed by atoms with E-state index in [9.17, 15) is 5.11 Å². The molecule has 1 aromatic carbocycles. The summed E-state index contributed by atoms with van der Waals surface area (Å²) in [7, 11) is 0. The minimum absolute atomic E-state index is 0.581. The summed E-state index contributed by atoms with van der Waals surface area (Å²) < 4.78 is 0. The smallest absolute Gasteiger partial charge is 0.122 e. The van der Waals surface area contributed by atoms with Crippen LogP contribution in [0, 0.1) is 0 Å². The van der Waals surface area contributed by atoms with E-state index in [0.717, 1.165) is 31.2 Å². The first-order valence-electron chi connectivity index (χ1n) is 5.63. The number of phenolic OH excluding ortho intramolecular Hbond substituents is 1. The molecule has 1 aliphatic carbocycles. The molecule has 0 atom stereocenters. The van der Waals surface area contributed by atoms with Crippen LogP contribution in [-0.2, 0) is 25.7 Å². The highest BCUT2D eigenvalue weighted by molar-refractivity contribution is 5.52. The summed E-state index contributed by atoms with van der Waals surface area (Å²) in [5.74, 6) is 0.581. The molecule has 0 saturated heterocycles. The molecule has 76 valence electrons. The van der Waals surface area contributed by atoms with Crippen molar-refractivity contribution in [2.75, 3.05) is 0 Å². The second-order valence-corrected chi connectivity index (χ2v) is 4.06. The van der Waals surface area contributed by atoms with Crippen molar-refractivity contribution >= 4 is 0 Å². The first kappa shape index (κ1) is 9.57. The minimum Gasteiger partial charge on any atom is -0.507 e. The molecule has 1 aliphatic rings. The Kier molecular flexibility index (Phi) is 2.49. The molecule has 0 bridgehead atoms. The molecule has 0 fully saturated rings. The lowest BCUT2D eigenvalue weighted by Crippen LogP contribution is -1.96. The fourth-order valence-corrected chi connectivity index (χ4v) is 2.50. The van der Waals surface area contributed by atoms with Gasteiger partial charge < -0.3 is 5.11 Å². The number of phenols is 1. The second-order valence-electron chi connectivity index (χ2n) is 4.06. The van der Waals surface area contributed by atoms with Crippen LogP contribution in [0.25, 0.3) is 0 Å². The molecule has 1 aromatic rings. The lowest BCUT2D eigenvalue weighted by atomic mass is 9.95. The van der Waals surface area contributed by atoms with Gasteiger partial charge in [-0.3, -0.25) is 0 Å². The Labute approximate surface area is 85.8 Å². The van der Waals surface area contributed by atoms with Crippen LogP contribution >= 0.6 is 0 Å². The normalized spacial score (nSPS) is 14.4. The Morgan fingerprint density at radius 2 is 1.71 bits per heavy atom. The van der Waals surface area contributed by atoms with E-state index in [0.29, 0.717) is 5.75 Å². The van der Waals surface area contributed by atoms with Gasteiger partial charge in [0.15, 0.2) is 0 Å². The van der Waals surface area contributed by atoms with Gasteiger partial charge >= 0.3 is 0 Å². The molecular formula is C13H18O. The molecular weight excluding hydrogens is 172 g/mol. The van der Waals surface area contributed by atoms with Crippen LogP contribution in [0.15, 0.2) is 6.07 Å². The second kappa shape index (κ2) is 3.64. The highest BCUT2D eigenvalue weighted by atomic mass is 16.3. The minimum atomic E-state index is 0.581. The molecule has 0 aromatic heterocycles. The number of aryl methyl sites for hydroxylation is 2. The summed E-state index contributed by atoms with van der Waals surface area (Å²) in [6, 6.07) is 2.19. The lowest BCUT2D eigenvalue weighted by Gasteiger charge is -2.12. The molecule has 14 heavy (non-hydrogen) atoms.